The molecular weight excluding hydrogens is 568 g/mol. The van der Waals surface area contributed by atoms with Gasteiger partial charge < -0.3 is 19.9 Å². The Labute approximate surface area is 270 Å². The molecule has 0 saturated carbocycles. The summed E-state index contributed by atoms with van der Waals surface area (Å²) in [6.07, 6.45) is 5.54. The van der Waals surface area contributed by atoms with Gasteiger partial charge in [-0.2, -0.15) is 0 Å². The van der Waals surface area contributed by atoms with Crippen LogP contribution in [0.2, 0.25) is 0 Å². The summed E-state index contributed by atoms with van der Waals surface area (Å²) in [5, 5.41) is 3.09. The molecule has 0 unspecified atom stereocenters. The van der Waals surface area contributed by atoms with Crippen molar-refractivity contribution < 1.29 is 23.9 Å². The number of likely N-dealkylation sites (tertiary alicyclic amines) is 2. The quantitative estimate of drug-likeness (QED) is 0.256. The van der Waals surface area contributed by atoms with Gasteiger partial charge in [0.1, 0.15) is 18.2 Å². The lowest BCUT2D eigenvalue weighted by Crippen LogP contribution is -2.58. The predicted octanol–water partition coefficient (Wildman–Crippen LogP) is 5.11. The Balaban J connectivity index is 1.73. The van der Waals surface area contributed by atoms with E-state index < -0.39 is 24.2 Å². The Morgan fingerprint density at radius 2 is 1.53 bits per heavy atom. The minimum Gasteiger partial charge on any atom is -0.456 e. The summed E-state index contributed by atoms with van der Waals surface area (Å²) in [5.74, 6) is -1.02. The summed E-state index contributed by atoms with van der Waals surface area (Å²) in [4.78, 5) is 59.8. The van der Waals surface area contributed by atoms with Crippen LogP contribution in [0.3, 0.4) is 0 Å². The Bertz CT molecular complexity index is 1200. The van der Waals surface area contributed by atoms with Crippen molar-refractivity contribution in [3.05, 3.63) is 47.5 Å². The molecule has 2 saturated heterocycles. The minimum absolute atomic E-state index is 0.00560. The highest BCUT2D eigenvalue weighted by atomic mass is 16.5. The van der Waals surface area contributed by atoms with E-state index in [1.807, 2.05) is 71.0 Å². The second-order valence-electron chi connectivity index (χ2n) is 13.8. The number of amides is 3. The topological polar surface area (TPSA) is 99.3 Å². The van der Waals surface area contributed by atoms with Gasteiger partial charge in [0.25, 0.3) is 0 Å². The molecule has 9 nitrogen and oxygen atoms in total. The van der Waals surface area contributed by atoms with E-state index in [1.54, 1.807) is 23.8 Å². The van der Waals surface area contributed by atoms with Crippen LogP contribution in [0.15, 0.2) is 42.0 Å². The van der Waals surface area contributed by atoms with Crippen molar-refractivity contribution in [2.75, 3.05) is 20.1 Å². The zero-order chi connectivity index (χ0) is 33.4. The molecule has 5 atom stereocenters. The number of carbonyl (C=O) groups excluding carboxylic acids is 4. The third-order valence-corrected chi connectivity index (χ3v) is 9.32. The first kappa shape index (κ1) is 36.3. The maximum absolute atomic E-state index is 13.9. The van der Waals surface area contributed by atoms with Gasteiger partial charge in [0, 0.05) is 25.2 Å². The van der Waals surface area contributed by atoms with Gasteiger partial charge in [0.2, 0.25) is 17.7 Å². The number of piperidine rings is 1. The van der Waals surface area contributed by atoms with Crippen molar-refractivity contribution >= 4 is 23.7 Å². The van der Waals surface area contributed by atoms with Crippen LogP contribution in [0, 0.1) is 11.8 Å². The fourth-order valence-corrected chi connectivity index (χ4v) is 6.59. The highest BCUT2D eigenvalue weighted by Gasteiger charge is 2.38. The molecule has 0 spiro atoms. The van der Waals surface area contributed by atoms with Gasteiger partial charge in [0.05, 0.1) is 12.1 Å². The maximum atomic E-state index is 13.9. The number of rotatable bonds is 12. The summed E-state index contributed by atoms with van der Waals surface area (Å²) in [6, 6.07) is 7.84. The largest absolute Gasteiger partial charge is 0.456 e. The fraction of sp³-hybridized carbons (Fsp3) is 0.667. The van der Waals surface area contributed by atoms with E-state index in [9.17, 15) is 19.2 Å². The standard InChI is InChI=1S/C36H56N4O5/c1-23(2)31(38(9)35(43)32(24(3)4)37-33(41)29-18-13-14-20-39(29)25(5)6)22-26(7)34(42)40-21-15-19-30(40)36(44)45-27(8)28-16-11-10-12-17-28/h10-12,16-17,22-25,27,29-32H,13-15,18-21H2,1-9H3,(H,37,41)/b26-22+/t27-,29-,30+,31-,32+/m1/s1. The fourth-order valence-electron chi connectivity index (χ4n) is 6.59. The van der Waals surface area contributed by atoms with E-state index in [1.165, 1.54) is 0 Å². The van der Waals surface area contributed by atoms with Gasteiger partial charge in [0.15, 0.2) is 0 Å². The lowest BCUT2D eigenvalue weighted by molar-refractivity contribution is -0.156. The van der Waals surface area contributed by atoms with Crippen molar-refractivity contribution in [2.24, 2.45) is 11.8 Å². The Hall–Kier alpha value is -3.20. The van der Waals surface area contributed by atoms with Gasteiger partial charge in [-0.15, -0.1) is 0 Å². The molecule has 0 aliphatic carbocycles. The number of esters is 1. The average Bonchev–Trinajstić information content (AvgIpc) is 3.51. The molecular formula is C36H56N4O5. The monoisotopic (exact) mass is 624 g/mol. The molecule has 1 N–H and O–H groups in total. The van der Waals surface area contributed by atoms with Crippen LogP contribution in [-0.2, 0) is 23.9 Å². The van der Waals surface area contributed by atoms with Crippen molar-refractivity contribution in [1.82, 2.24) is 20.0 Å². The molecule has 0 aromatic heterocycles. The molecule has 1 aromatic carbocycles. The van der Waals surface area contributed by atoms with Crippen molar-refractivity contribution in [3.8, 4) is 0 Å². The first-order valence-electron chi connectivity index (χ1n) is 16.8. The van der Waals surface area contributed by atoms with Crippen molar-refractivity contribution in [1.29, 1.82) is 0 Å². The molecule has 3 rings (SSSR count). The SMILES string of the molecule is C/C(=C\[C@H](C(C)C)N(C)C(=O)[C@@H](NC(=O)[C@H]1CCCCN1C(C)C)C(C)C)C(=O)N1CCC[C@H]1C(=O)O[C@H](C)c1ccccc1. The van der Waals surface area contributed by atoms with Crippen molar-refractivity contribution in [3.63, 3.8) is 0 Å². The highest BCUT2D eigenvalue weighted by molar-refractivity contribution is 5.96. The third-order valence-electron chi connectivity index (χ3n) is 9.32. The summed E-state index contributed by atoms with van der Waals surface area (Å²) < 4.78 is 5.77. The molecule has 2 aliphatic heterocycles. The molecule has 0 radical (unpaired) electrons. The zero-order valence-electron chi connectivity index (χ0n) is 28.9. The van der Waals surface area contributed by atoms with Gasteiger partial charge in [-0.05, 0) is 77.3 Å². The number of hydrogen-bond donors (Lipinski definition) is 1. The Morgan fingerprint density at radius 3 is 2.13 bits per heavy atom. The van der Waals surface area contributed by atoms with Crippen LogP contribution < -0.4 is 5.32 Å². The van der Waals surface area contributed by atoms with Crippen LogP contribution >= 0.6 is 0 Å². The average molecular weight is 625 g/mol. The second-order valence-corrected chi connectivity index (χ2v) is 13.8. The van der Waals surface area contributed by atoms with Gasteiger partial charge in [-0.3, -0.25) is 19.3 Å². The maximum Gasteiger partial charge on any atom is 0.329 e. The molecule has 3 amide bonds. The third kappa shape index (κ3) is 9.18. The van der Waals surface area contributed by atoms with Crippen LogP contribution in [0.1, 0.15) is 99.2 Å². The molecule has 2 aliphatic rings. The number of carbonyl (C=O) groups is 4. The second kappa shape index (κ2) is 16.4. The van der Waals surface area contributed by atoms with Crippen LogP contribution in [0.4, 0.5) is 0 Å². The van der Waals surface area contributed by atoms with Gasteiger partial charge in [-0.1, -0.05) is 70.5 Å². The van der Waals surface area contributed by atoms with Crippen molar-refractivity contribution in [2.45, 2.75) is 124 Å². The van der Waals surface area contributed by atoms with Crippen LogP contribution in [0.5, 0.6) is 0 Å². The van der Waals surface area contributed by atoms with E-state index in [0.29, 0.717) is 18.5 Å². The molecule has 0 bridgehead atoms. The number of benzene rings is 1. The smallest absolute Gasteiger partial charge is 0.329 e. The summed E-state index contributed by atoms with van der Waals surface area (Å²) >= 11 is 0. The van der Waals surface area contributed by atoms with E-state index in [-0.39, 0.29) is 47.7 Å². The highest BCUT2D eigenvalue weighted by Crippen LogP contribution is 2.26. The number of hydrogen-bond acceptors (Lipinski definition) is 6. The van der Waals surface area contributed by atoms with Crippen LogP contribution in [0.25, 0.3) is 0 Å². The lowest BCUT2D eigenvalue weighted by Gasteiger charge is -2.39. The van der Waals surface area contributed by atoms with Gasteiger partial charge >= 0.3 is 5.97 Å². The summed E-state index contributed by atoms with van der Waals surface area (Å²) in [7, 11) is 1.74. The molecule has 2 heterocycles. The molecule has 2 fully saturated rings. The molecule has 1 aromatic rings. The number of ether oxygens (including phenoxy) is 1. The normalized spacial score (nSPS) is 21.5. The van der Waals surface area contributed by atoms with E-state index >= 15 is 0 Å². The van der Waals surface area contributed by atoms with E-state index in [0.717, 1.165) is 37.8 Å². The molecule has 250 valence electrons. The summed E-state index contributed by atoms with van der Waals surface area (Å²) in [5.41, 5.74) is 1.38. The molecule has 9 heteroatoms. The molecule has 45 heavy (non-hydrogen) atoms. The zero-order valence-corrected chi connectivity index (χ0v) is 28.9. The predicted molar refractivity (Wildman–Crippen MR) is 177 cm³/mol. The Morgan fingerprint density at radius 1 is 0.889 bits per heavy atom. The van der Waals surface area contributed by atoms with E-state index in [4.69, 9.17) is 4.74 Å². The van der Waals surface area contributed by atoms with E-state index in [2.05, 4.69) is 24.1 Å². The number of nitrogens with one attached hydrogen (secondary N) is 1. The van der Waals surface area contributed by atoms with Gasteiger partial charge in [-0.25, -0.2) is 4.79 Å². The Kier molecular flexibility index (Phi) is 13.2. The summed E-state index contributed by atoms with van der Waals surface area (Å²) in [6.45, 7) is 17.0. The first-order valence-corrected chi connectivity index (χ1v) is 16.8. The first-order chi connectivity index (χ1) is 21.2. The number of nitrogens with zero attached hydrogens (tertiary/aromatic N) is 3. The lowest BCUT2D eigenvalue weighted by atomic mass is 9.95. The minimum atomic E-state index is -0.687. The van der Waals surface area contributed by atoms with Crippen LogP contribution in [-0.4, -0.2) is 88.7 Å². The number of likely N-dealkylation sites (N-methyl/N-ethyl adjacent to an activating group) is 1.